The molecule has 106 valence electrons. The molecule has 0 aliphatic rings. The molecule has 1 aromatic carbocycles. The molecular formula is C14H16BrFN4. The van der Waals surface area contributed by atoms with Gasteiger partial charge in [0, 0.05) is 17.1 Å². The number of rotatable bonds is 5. The highest BCUT2D eigenvalue weighted by Gasteiger charge is 2.06. The van der Waals surface area contributed by atoms with E-state index in [1.54, 1.807) is 25.1 Å². The number of nitrogens with zero attached hydrogens (tertiary/aromatic N) is 2. The Hall–Kier alpha value is -1.69. The van der Waals surface area contributed by atoms with E-state index in [0.717, 1.165) is 18.8 Å². The first kappa shape index (κ1) is 14.7. The number of hydrogen-bond donors (Lipinski definition) is 2. The summed E-state index contributed by atoms with van der Waals surface area (Å²) in [6.07, 6.45) is 1.01. The molecule has 0 saturated heterocycles. The zero-order valence-corrected chi connectivity index (χ0v) is 13.0. The molecule has 0 spiro atoms. The Morgan fingerprint density at radius 3 is 2.65 bits per heavy atom. The summed E-state index contributed by atoms with van der Waals surface area (Å²) in [6.45, 7) is 4.72. The molecule has 20 heavy (non-hydrogen) atoms. The fraction of sp³-hybridized carbons (Fsp3) is 0.286. The molecule has 0 aliphatic heterocycles. The summed E-state index contributed by atoms with van der Waals surface area (Å²) >= 11 is 3.23. The van der Waals surface area contributed by atoms with Gasteiger partial charge in [0.1, 0.15) is 23.3 Å². The van der Waals surface area contributed by atoms with Gasteiger partial charge < -0.3 is 10.6 Å². The maximum absolute atomic E-state index is 13.8. The maximum Gasteiger partial charge on any atom is 0.147 e. The molecule has 4 nitrogen and oxygen atoms in total. The SMILES string of the molecule is CCCNc1cc(Nc2ccc(Br)cc2F)nc(C)n1. The molecule has 0 saturated carbocycles. The lowest BCUT2D eigenvalue weighted by molar-refractivity contribution is 0.631. The van der Waals surface area contributed by atoms with Crippen LogP contribution in [0.15, 0.2) is 28.7 Å². The van der Waals surface area contributed by atoms with E-state index in [1.165, 1.54) is 6.07 Å². The summed E-state index contributed by atoms with van der Waals surface area (Å²) < 4.78 is 14.5. The summed E-state index contributed by atoms with van der Waals surface area (Å²) in [7, 11) is 0. The van der Waals surface area contributed by atoms with Crippen LogP contribution in [0.4, 0.5) is 21.7 Å². The normalized spacial score (nSPS) is 10.4. The first-order chi connectivity index (χ1) is 9.58. The topological polar surface area (TPSA) is 49.8 Å². The van der Waals surface area contributed by atoms with Gasteiger partial charge in [0.15, 0.2) is 0 Å². The highest BCUT2D eigenvalue weighted by atomic mass is 79.9. The Balaban J connectivity index is 2.21. The third-order valence-corrected chi connectivity index (χ3v) is 3.08. The second kappa shape index (κ2) is 6.65. The van der Waals surface area contributed by atoms with Crippen molar-refractivity contribution in [3.05, 3.63) is 40.4 Å². The van der Waals surface area contributed by atoms with E-state index >= 15 is 0 Å². The lowest BCUT2D eigenvalue weighted by Gasteiger charge is -2.10. The van der Waals surface area contributed by atoms with Crippen LogP contribution in [0.1, 0.15) is 19.2 Å². The zero-order chi connectivity index (χ0) is 14.5. The first-order valence-corrected chi connectivity index (χ1v) is 7.19. The lowest BCUT2D eigenvalue weighted by atomic mass is 10.3. The van der Waals surface area contributed by atoms with Gasteiger partial charge in [0.25, 0.3) is 0 Å². The van der Waals surface area contributed by atoms with Crippen LogP contribution in [-0.4, -0.2) is 16.5 Å². The summed E-state index contributed by atoms with van der Waals surface area (Å²) in [4.78, 5) is 8.55. The minimum atomic E-state index is -0.335. The van der Waals surface area contributed by atoms with E-state index in [1.807, 2.05) is 0 Å². The van der Waals surface area contributed by atoms with Crippen molar-refractivity contribution in [1.29, 1.82) is 0 Å². The van der Waals surface area contributed by atoms with Crippen molar-refractivity contribution in [3.8, 4) is 0 Å². The number of benzene rings is 1. The minimum Gasteiger partial charge on any atom is -0.370 e. The molecule has 0 amide bonds. The number of halogens is 2. The highest BCUT2D eigenvalue weighted by molar-refractivity contribution is 9.10. The summed E-state index contributed by atoms with van der Waals surface area (Å²) in [6, 6.07) is 6.61. The molecule has 2 N–H and O–H groups in total. The summed E-state index contributed by atoms with van der Waals surface area (Å²) in [5.41, 5.74) is 0.382. The van der Waals surface area contributed by atoms with E-state index in [2.05, 4.69) is 43.5 Å². The van der Waals surface area contributed by atoms with Gasteiger partial charge in [0.2, 0.25) is 0 Å². The smallest absolute Gasteiger partial charge is 0.147 e. The van der Waals surface area contributed by atoms with Gasteiger partial charge in [0.05, 0.1) is 5.69 Å². The molecule has 1 aromatic heterocycles. The van der Waals surface area contributed by atoms with Crippen molar-refractivity contribution in [3.63, 3.8) is 0 Å². The van der Waals surface area contributed by atoms with Gasteiger partial charge in [-0.1, -0.05) is 22.9 Å². The largest absolute Gasteiger partial charge is 0.370 e. The fourth-order valence-corrected chi connectivity index (χ4v) is 2.04. The van der Waals surface area contributed by atoms with Crippen molar-refractivity contribution in [2.75, 3.05) is 17.2 Å². The van der Waals surface area contributed by atoms with Crippen molar-refractivity contribution in [1.82, 2.24) is 9.97 Å². The third kappa shape index (κ3) is 3.90. The molecule has 2 aromatic rings. The minimum absolute atomic E-state index is 0.335. The Morgan fingerprint density at radius 1 is 1.20 bits per heavy atom. The monoisotopic (exact) mass is 338 g/mol. The molecular weight excluding hydrogens is 323 g/mol. The van der Waals surface area contributed by atoms with Crippen molar-refractivity contribution >= 4 is 33.3 Å². The predicted octanol–water partition coefficient (Wildman–Crippen LogP) is 4.25. The quantitative estimate of drug-likeness (QED) is 0.855. The van der Waals surface area contributed by atoms with E-state index in [0.29, 0.717) is 21.8 Å². The molecule has 0 aliphatic carbocycles. The Morgan fingerprint density at radius 2 is 1.95 bits per heavy atom. The van der Waals surface area contributed by atoms with E-state index in [-0.39, 0.29) is 5.82 Å². The standard InChI is InChI=1S/C14H16BrFN4/c1-3-6-17-13-8-14(19-9(2)18-13)20-12-5-4-10(15)7-11(12)16/h4-5,7-8H,3,6H2,1-2H3,(H2,17,18,19,20). The summed E-state index contributed by atoms with van der Waals surface area (Å²) in [5, 5.41) is 6.16. The van der Waals surface area contributed by atoms with E-state index in [4.69, 9.17) is 0 Å². The average molecular weight is 339 g/mol. The Labute approximate surface area is 126 Å². The number of aromatic nitrogens is 2. The van der Waals surface area contributed by atoms with E-state index in [9.17, 15) is 4.39 Å². The van der Waals surface area contributed by atoms with Crippen LogP contribution < -0.4 is 10.6 Å². The maximum atomic E-state index is 13.8. The Kier molecular flexibility index (Phi) is 4.89. The van der Waals surface area contributed by atoms with Crippen LogP contribution in [0.3, 0.4) is 0 Å². The first-order valence-electron chi connectivity index (χ1n) is 6.40. The molecule has 0 fully saturated rings. The summed E-state index contributed by atoms with van der Waals surface area (Å²) in [5.74, 6) is 1.60. The van der Waals surface area contributed by atoms with Gasteiger partial charge in [-0.2, -0.15) is 0 Å². The van der Waals surface area contributed by atoms with Crippen LogP contribution in [0, 0.1) is 12.7 Å². The predicted molar refractivity (Wildman–Crippen MR) is 82.9 cm³/mol. The van der Waals surface area contributed by atoms with Gasteiger partial charge in [-0.05, 0) is 31.5 Å². The lowest BCUT2D eigenvalue weighted by Crippen LogP contribution is -2.06. The van der Waals surface area contributed by atoms with Crippen LogP contribution in [0.5, 0.6) is 0 Å². The number of anilines is 3. The van der Waals surface area contributed by atoms with Gasteiger partial charge in [-0.25, -0.2) is 14.4 Å². The van der Waals surface area contributed by atoms with E-state index < -0.39 is 0 Å². The molecule has 2 rings (SSSR count). The molecule has 0 radical (unpaired) electrons. The molecule has 1 heterocycles. The Bertz CT molecular complexity index is 604. The molecule has 0 bridgehead atoms. The number of aryl methyl sites for hydroxylation is 1. The van der Waals surface area contributed by atoms with Gasteiger partial charge >= 0.3 is 0 Å². The molecule has 6 heteroatoms. The van der Waals surface area contributed by atoms with Gasteiger partial charge in [-0.15, -0.1) is 0 Å². The third-order valence-electron chi connectivity index (χ3n) is 2.59. The van der Waals surface area contributed by atoms with Crippen LogP contribution in [0.2, 0.25) is 0 Å². The second-order valence-electron chi connectivity index (χ2n) is 4.36. The van der Waals surface area contributed by atoms with Crippen molar-refractivity contribution in [2.24, 2.45) is 0 Å². The molecule has 0 atom stereocenters. The average Bonchev–Trinajstić information content (AvgIpc) is 2.39. The highest BCUT2D eigenvalue weighted by Crippen LogP contribution is 2.23. The van der Waals surface area contributed by atoms with Crippen LogP contribution >= 0.6 is 15.9 Å². The van der Waals surface area contributed by atoms with Crippen molar-refractivity contribution in [2.45, 2.75) is 20.3 Å². The van der Waals surface area contributed by atoms with Crippen LogP contribution in [-0.2, 0) is 0 Å². The number of hydrogen-bond acceptors (Lipinski definition) is 4. The molecule has 0 unspecified atom stereocenters. The zero-order valence-electron chi connectivity index (χ0n) is 11.4. The van der Waals surface area contributed by atoms with Gasteiger partial charge in [-0.3, -0.25) is 0 Å². The second-order valence-corrected chi connectivity index (χ2v) is 5.28. The van der Waals surface area contributed by atoms with Crippen LogP contribution in [0.25, 0.3) is 0 Å². The number of nitrogens with one attached hydrogen (secondary N) is 2. The van der Waals surface area contributed by atoms with Crippen molar-refractivity contribution < 1.29 is 4.39 Å². The fourth-order valence-electron chi connectivity index (χ4n) is 1.70.